The maximum Gasteiger partial charge on any atom is 0.306 e. The Morgan fingerprint density at radius 3 is 0.839 bits per heavy atom. The third-order valence-electron chi connectivity index (χ3n) is 12.5. The number of unbranched alkanes of at least 4 members (excludes halogenated alkanes) is 30. The molecule has 0 aliphatic carbocycles. The molecule has 8 heteroatoms. The fraction of sp³-hybridized carbons (Fsp3) is 0.944. The Hall–Kier alpha value is -1.67. The minimum absolute atomic E-state index is 0.00435. The molecule has 3 atom stereocenters. The maximum absolute atomic E-state index is 12.5. The lowest BCUT2D eigenvalue weighted by Gasteiger charge is -2.18. The highest BCUT2D eigenvalue weighted by atomic mass is 16.5. The SMILES string of the molecule is CCCCCCC(O)CCCCCCCCCCC(=O)OC(CCCCCC)CCCCCCCCCCC(=O)[O-].CCCCCCC(O)CCCCCCCCCCC(=O)[O-]. The summed E-state index contributed by atoms with van der Waals surface area (Å²) in [4.78, 5) is 33.2. The Kier molecular flexibility index (Phi) is 52.3. The number of carbonyl (C=O) groups is 3. The maximum atomic E-state index is 12.5. The fourth-order valence-corrected chi connectivity index (χ4v) is 8.33. The molecular formula is C54H104O8-2. The summed E-state index contributed by atoms with van der Waals surface area (Å²) in [6, 6.07) is 0. The molecule has 0 heterocycles. The van der Waals surface area contributed by atoms with Gasteiger partial charge in [-0.3, -0.25) is 4.79 Å². The molecule has 0 spiro atoms. The van der Waals surface area contributed by atoms with Gasteiger partial charge >= 0.3 is 5.97 Å². The van der Waals surface area contributed by atoms with Gasteiger partial charge in [-0.25, -0.2) is 0 Å². The average Bonchev–Trinajstić information content (AvgIpc) is 3.24. The zero-order valence-electron chi connectivity index (χ0n) is 41.4. The summed E-state index contributed by atoms with van der Waals surface area (Å²) in [5, 5.41) is 40.6. The number of aliphatic carboxylic acids is 2. The summed E-state index contributed by atoms with van der Waals surface area (Å²) in [6.45, 7) is 6.66. The van der Waals surface area contributed by atoms with Crippen LogP contribution >= 0.6 is 0 Å². The van der Waals surface area contributed by atoms with E-state index in [2.05, 4.69) is 20.8 Å². The summed E-state index contributed by atoms with van der Waals surface area (Å²) in [5.74, 6) is -1.87. The molecular weight excluding hydrogens is 777 g/mol. The number of carboxylic acids is 2. The van der Waals surface area contributed by atoms with E-state index in [1.165, 1.54) is 154 Å². The molecule has 8 nitrogen and oxygen atoms in total. The van der Waals surface area contributed by atoms with E-state index in [-0.39, 0.29) is 37.1 Å². The zero-order chi connectivity index (χ0) is 46.0. The molecule has 0 bridgehead atoms. The van der Waals surface area contributed by atoms with Crippen molar-refractivity contribution >= 4 is 17.9 Å². The highest BCUT2D eigenvalue weighted by Crippen LogP contribution is 2.20. The lowest BCUT2D eigenvalue weighted by atomic mass is 10.0. The van der Waals surface area contributed by atoms with Crippen LogP contribution in [0, 0.1) is 0 Å². The molecule has 0 amide bonds. The van der Waals surface area contributed by atoms with Crippen molar-refractivity contribution in [3.05, 3.63) is 0 Å². The molecule has 370 valence electrons. The number of aliphatic hydroxyl groups excluding tert-OH is 2. The van der Waals surface area contributed by atoms with Gasteiger partial charge in [0.2, 0.25) is 0 Å². The first-order valence-electron chi connectivity index (χ1n) is 27.1. The molecule has 0 aromatic heterocycles. The molecule has 0 aromatic rings. The standard InChI is InChI=1S/C36H70O5.C18H36O3/c1-3-5-7-21-27-33(37)28-22-17-13-9-12-16-20-26-32-36(40)41-34(29-23-8-6-4-2)30-24-18-14-10-11-15-19-25-31-35(38)39;1-2-3-4-11-14-17(19)15-12-9-7-5-6-8-10-13-16-18(20)21/h33-34,37H,3-32H2,1-2H3,(H,38,39);17,19H,2-16H2,1H3,(H,20,21)/p-2. The fourth-order valence-electron chi connectivity index (χ4n) is 8.33. The highest BCUT2D eigenvalue weighted by Gasteiger charge is 2.14. The smallest absolute Gasteiger partial charge is 0.306 e. The van der Waals surface area contributed by atoms with E-state index in [1.807, 2.05) is 0 Å². The van der Waals surface area contributed by atoms with Crippen LogP contribution in [0.1, 0.15) is 310 Å². The van der Waals surface area contributed by atoms with E-state index in [0.717, 1.165) is 116 Å². The summed E-state index contributed by atoms with van der Waals surface area (Å²) in [5.41, 5.74) is 0. The number of esters is 1. The second kappa shape index (κ2) is 52.0. The van der Waals surface area contributed by atoms with Gasteiger partial charge in [0.05, 0.1) is 12.2 Å². The van der Waals surface area contributed by atoms with E-state index in [4.69, 9.17) is 4.74 Å². The summed E-state index contributed by atoms with van der Waals surface area (Å²) >= 11 is 0. The molecule has 0 fully saturated rings. The number of carbonyl (C=O) groups excluding carboxylic acids is 3. The van der Waals surface area contributed by atoms with Crippen molar-refractivity contribution in [3.8, 4) is 0 Å². The zero-order valence-corrected chi connectivity index (χ0v) is 41.4. The van der Waals surface area contributed by atoms with Crippen LogP contribution in [0.4, 0.5) is 0 Å². The summed E-state index contributed by atoms with van der Waals surface area (Å²) in [7, 11) is 0. The molecule has 62 heavy (non-hydrogen) atoms. The van der Waals surface area contributed by atoms with Gasteiger partial charge in [0, 0.05) is 18.4 Å². The third-order valence-corrected chi connectivity index (χ3v) is 12.5. The molecule has 0 aliphatic rings. The third kappa shape index (κ3) is 54.5. The number of carboxylic acid groups (broad SMARTS) is 2. The molecule has 0 aromatic carbocycles. The minimum Gasteiger partial charge on any atom is -0.550 e. The molecule has 0 saturated heterocycles. The van der Waals surface area contributed by atoms with E-state index in [9.17, 15) is 34.8 Å². The Morgan fingerprint density at radius 1 is 0.339 bits per heavy atom. The van der Waals surface area contributed by atoms with Gasteiger partial charge in [-0.05, 0) is 83.5 Å². The molecule has 2 N–H and O–H groups in total. The minimum atomic E-state index is -0.937. The van der Waals surface area contributed by atoms with Crippen molar-refractivity contribution in [1.82, 2.24) is 0 Å². The van der Waals surface area contributed by atoms with Crippen molar-refractivity contribution in [3.63, 3.8) is 0 Å². The Morgan fingerprint density at radius 2 is 0.565 bits per heavy atom. The van der Waals surface area contributed by atoms with E-state index < -0.39 is 11.9 Å². The van der Waals surface area contributed by atoms with Crippen LogP contribution in [-0.4, -0.2) is 46.4 Å². The second-order valence-corrected chi connectivity index (χ2v) is 18.8. The first-order valence-corrected chi connectivity index (χ1v) is 27.1. The molecule has 0 radical (unpaired) electrons. The monoisotopic (exact) mass is 881 g/mol. The Labute approximate surface area is 384 Å². The van der Waals surface area contributed by atoms with Crippen LogP contribution in [0.3, 0.4) is 0 Å². The predicted molar refractivity (Wildman–Crippen MR) is 257 cm³/mol. The first-order chi connectivity index (χ1) is 30.2. The van der Waals surface area contributed by atoms with Gasteiger partial charge in [0.15, 0.2) is 0 Å². The van der Waals surface area contributed by atoms with Gasteiger partial charge in [-0.15, -0.1) is 0 Å². The quantitative estimate of drug-likeness (QED) is 0.0453. The highest BCUT2D eigenvalue weighted by molar-refractivity contribution is 5.69. The van der Waals surface area contributed by atoms with E-state index in [1.54, 1.807) is 0 Å². The van der Waals surface area contributed by atoms with Gasteiger partial charge in [0.1, 0.15) is 6.10 Å². The van der Waals surface area contributed by atoms with Gasteiger partial charge in [-0.2, -0.15) is 0 Å². The number of ether oxygens (including phenoxy) is 1. The Bertz CT molecular complexity index is 926. The number of hydrogen-bond acceptors (Lipinski definition) is 8. The molecule has 0 saturated carbocycles. The lowest BCUT2D eigenvalue weighted by molar-refractivity contribution is -0.307. The van der Waals surface area contributed by atoms with Crippen molar-refractivity contribution in [1.29, 1.82) is 0 Å². The van der Waals surface area contributed by atoms with Crippen molar-refractivity contribution in [2.45, 2.75) is 328 Å². The van der Waals surface area contributed by atoms with Crippen LogP contribution in [0.25, 0.3) is 0 Å². The van der Waals surface area contributed by atoms with Gasteiger partial charge in [0.25, 0.3) is 0 Å². The summed E-state index contributed by atoms with van der Waals surface area (Å²) in [6.07, 6.45) is 48.5. The van der Waals surface area contributed by atoms with Crippen molar-refractivity contribution < 1.29 is 39.5 Å². The van der Waals surface area contributed by atoms with Crippen LogP contribution in [0.2, 0.25) is 0 Å². The van der Waals surface area contributed by atoms with Gasteiger partial charge < -0.3 is 34.8 Å². The normalized spacial score (nSPS) is 12.7. The van der Waals surface area contributed by atoms with Crippen molar-refractivity contribution in [2.75, 3.05) is 0 Å². The molecule has 0 aliphatic heterocycles. The van der Waals surface area contributed by atoms with Crippen LogP contribution in [0.5, 0.6) is 0 Å². The Balaban J connectivity index is 0. The molecule has 3 unspecified atom stereocenters. The predicted octanol–water partition coefficient (Wildman–Crippen LogP) is 13.7. The number of rotatable bonds is 49. The lowest BCUT2D eigenvalue weighted by Crippen LogP contribution is -2.21. The van der Waals surface area contributed by atoms with Crippen LogP contribution in [0.15, 0.2) is 0 Å². The van der Waals surface area contributed by atoms with Crippen molar-refractivity contribution in [2.24, 2.45) is 0 Å². The second-order valence-electron chi connectivity index (χ2n) is 18.8. The average molecular weight is 881 g/mol. The first kappa shape index (κ1) is 62.4. The van der Waals surface area contributed by atoms with E-state index in [0.29, 0.717) is 6.42 Å². The number of hydrogen-bond donors (Lipinski definition) is 2. The topological polar surface area (TPSA) is 147 Å². The van der Waals surface area contributed by atoms with E-state index >= 15 is 0 Å². The van der Waals surface area contributed by atoms with Crippen LogP contribution in [-0.2, 0) is 19.1 Å². The molecule has 0 rings (SSSR count). The van der Waals surface area contributed by atoms with Gasteiger partial charge in [-0.1, -0.05) is 220 Å². The number of aliphatic hydroxyl groups is 2. The van der Waals surface area contributed by atoms with Crippen LogP contribution < -0.4 is 10.2 Å². The largest absolute Gasteiger partial charge is 0.550 e. The summed E-state index contributed by atoms with van der Waals surface area (Å²) < 4.78 is 5.94.